The highest BCUT2D eigenvalue weighted by Gasteiger charge is 2.36. The number of nitrogens with zero attached hydrogens (tertiary/aromatic N) is 2. The molecule has 5 rings (SSSR count). The topological polar surface area (TPSA) is 97.6 Å². The van der Waals surface area contributed by atoms with Crippen molar-refractivity contribution >= 4 is 34.2 Å². The van der Waals surface area contributed by atoms with Crippen molar-refractivity contribution in [3.8, 4) is 17.2 Å². The molecule has 4 aromatic rings. The fourth-order valence-electron chi connectivity index (χ4n) is 5.22. The molecule has 9 nitrogen and oxygen atoms in total. The van der Waals surface area contributed by atoms with E-state index in [0.717, 1.165) is 22.1 Å². The summed E-state index contributed by atoms with van der Waals surface area (Å²) in [5, 5.41) is 1.92. The molecule has 0 aliphatic carbocycles. The second kappa shape index (κ2) is 13.3. The Labute approximate surface area is 253 Å². The number of thiazole rings is 1. The van der Waals surface area contributed by atoms with Gasteiger partial charge < -0.3 is 23.7 Å². The minimum absolute atomic E-state index is 0.0600. The number of hydrogen-bond acceptors (Lipinski definition) is 9. The van der Waals surface area contributed by atoms with Crippen molar-refractivity contribution in [2.24, 2.45) is 4.99 Å². The quantitative estimate of drug-likeness (QED) is 0.186. The van der Waals surface area contributed by atoms with Crippen LogP contribution in [0.3, 0.4) is 0 Å². The fourth-order valence-corrected chi connectivity index (χ4v) is 6.26. The van der Waals surface area contributed by atoms with Gasteiger partial charge in [-0.25, -0.2) is 9.79 Å². The Balaban J connectivity index is 1.74. The molecule has 0 N–H and O–H groups in total. The predicted molar refractivity (Wildman–Crippen MR) is 166 cm³/mol. The smallest absolute Gasteiger partial charge is 0.338 e. The first-order chi connectivity index (χ1) is 20.9. The van der Waals surface area contributed by atoms with E-state index in [4.69, 9.17) is 28.7 Å². The minimum Gasteiger partial charge on any atom is -0.493 e. The van der Waals surface area contributed by atoms with Crippen molar-refractivity contribution in [2.45, 2.75) is 26.8 Å². The minimum atomic E-state index is -0.859. The summed E-state index contributed by atoms with van der Waals surface area (Å²) in [4.78, 5) is 33.0. The largest absolute Gasteiger partial charge is 0.493 e. The summed E-state index contributed by atoms with van der Waals surface area (Å²) in [5.41, 5.74) is 1.87. The Kier molecular flexibility index (Phi) is 9.27. The zero-order valence-corrected chi connectivity index (χ0v) is 25.7. The van der Waals surface area contributed by atoms with Gasteiger partial charge in [0.05, 0.1) is 42.7 Å². The molecule has 1 atom stereocenters. The van der Waals surface area contributed by atoms with E-state index in [-0.39, 0.29) is 24.3 Å². The molecule has 0 unspecified atom stereocenters. The number of aromatic nitrogens is 1. The third kappa shape index (κ3) is 5.80. The Morgan fingerprint density at radius 1 is 0.953 bits per heavy atom. The highest BCUT2D eigenvalue weighted by Crippen LogP contribution is 2.41. The lowest BCUT2D eigenvalue weighted by atomic mass is 9.94. The molecule has 224 valence electrons. The van der Waals surface area contributed by atoms with E-state index in [1.807, 2.05) is 68.5 Å². The zero-order valence-electron chi connectivity index (χ0n) is 24.8. The molecule has 43 heavy (non-hydrogen) atoms. The molecule has 10 heteroatoms. The van der Waals surface area contributed by atoms with Crippen molar-refractivity contribution < 1.29 is 28.5 Å². The molecule has 3 aromatic carbocycles. The summed E-state index contributed by atoms with van der Waals surface area (Å²) < 4.78 is 30.1. The van der Waals surface area contributed by atoms with Crippen LogP contribution in [0.1, 0.15) is 37.9 Å². The van der Waals surface area contributed by atoms with E-state index < -0.39 is 12.0 Å². The summed E-state index contributed by atoms with van der Waals surface area (Å²) in [6, 6.07) is 16.3. The van der Waals surface area contributed by atoms with Crippen LogP contribution in [0, 0.1) is 0 Å². The van der Waals surface area contributed by atoms with Crippen molar-refractivity contribution in [1.29, 1.82) is 0 Å². The Morgan fingerprint density at radius 3 is 2.44 bits per heavy atom. The van der Waals surface area contributed by atoms with Crippen molar-refractivity contribution in [2.75, 3.05) is 40.6 Å². The first-order valence-corrected chi connectivity index (χ1v) is 14.9. The molecule has 0 spiro atoms. The first kappa shape index (κ1) is 30.1. The average Bonchev–Trinajstić information content (AvgIpc) is 3.32. The summed E-state index contributed by atoms with van der Waals surface area (Å²) in [7, 11) is 3.08. The van der Waals surface area contributed by atoms with Crippen LogP contribution in [0.2, 0.25) is 0 Å². The molecule has 0 bridgehead atoms. The number of benzene rings is 3. The number of esters is 1. The molecule has 0 saturated heterocycles. The van der Waals surface area contributed by atoms with E-state index in [1.165, 1.54) is 18.4 Å². The van der Waals surface area contributed by atoms with Crippen LogP contribution in [0.4, 0.5) is 0 Å². The number of ether oxygens (including phenoxy) is 5. The van der Waals surface area contributed by atoms with Gasteiger partial charge in [-0.3, -0.25) is 9.36 Å². The van der Waals surface area contributed by atoms with Crippen molar-refractivity contribution in [1.82, 2.24) is 4.57 Å². The van der Waals surface area contributed by atoms with Crippen LogP contribution in [0.5, 0.6) is 17.2 Å². The van der Waals surface area contributed by atoms with E-state index in [9.17, 15) is 9.59 Å². The Morgan fingerprint density at radius 2 is 1.72 bits per heavy atom. The standard InChI is InChI=1S/C33H34N2O7S/c1-6-40-25-16-15-21(22-11-8-9-12-23(22)25)19-27-31(36)35-29(24-13-10-14-26(39-5)30(24)41-7-2)28(20(3)34-33(35)43-27)32(37)42-18-17-38-4/h8-16,19,29H,6-7,17-18H2,1-5H3/b27-19+/t29-/m1/s1. The summed E-state index contributed by atoms with van der Waals surface area (Å²) in [6.45, 7) is 6.76. The van der Waals surface area contributed by atoms with Crippen LogP contribution in [-0.4, -0.2) is 51.2 Å². The number of fused-ring (bicyclic) bond motifs is 2. The predicted octanol–water partition coefficient (Wildman–Crippen LogP) is 4.38. The summed E-state index contributed by atoms with van der Waals surface area (Å²) in [5.74, 6) is 1.14. The monoisotopic (exact) mass is 602 g/mol. The third-order valence-corrected chi connectivity index (χ3v) is 8.06. The maximum absolute atomic E-state index is 14.3. The Bertz CT molecular complexity index is 1870. The maximum Gasteiger partial charge on any atom is 0.338 e. The van der Waals surface area contributed by atoms with E-state index >= 15 is 0 Å². The van der Waals surface area contributed by atoms with Gasteiger partial charge in [0.2, 0.25) is 0 Å². The van der Waals surface area contributed by atoms with Gasteiger partial charge in [0.15, 0.2) is 16.3 Å². The lowest BCUT2D eigenvalue weighted by molar-refractivity contribution is -0.140. The molecule has 0 saturated carbocycles. The van der Waals surface area contributed by atoms with Crippen LogP contribution < -0.4 is 29.1 Å². The van der Waals surface area contributed by atoms with Crippen LogP contribution >= 0.6 is 11.3 Å². The summed E-state index contributed by atoms with van der Waals surface area (Å²) in [6.07, 6.45) is 1.86. The third-order valence-electron chi connectivity index (χ3n) is 7.08. The molecule has 1 aromatic heterocycles. The number of para-hydroxylation sites is 1. The molecule has 2 heterocycles. The molecule has 1 aliphatic heterocycles. The lowest BCUT2D eigenvalue weighted by Crippen LogP contribution is -2.40. The zero-order chi connectivity index (χ0) is 30.5. The van der Waals surface area contributed by atoms with Gasteiger partial charge in [-0.2, -0.15) is 0 Å². The van der Waals surface area contributed by atoms with Crippen molar-refractivity contribution in [3.05, 3.63) is 96.7 Å². The molecular weight excluding hydrogens is 568 g/mol. The SMILES string of the molecule is CCOc1c(OC)cccc1[C@@H]1C(C(=O)OCCOC)=C(C)N=c2s/c(=C/c3ccc(OCC)c4ccccc34)c(=O)n21. The second-order valence-electron chi connectivity index (χ2n) is 9.65. The molecule has 0 radical (unpaired) electrons. The van der Waals surface area contributed by atoms with Gasteiger partial charge in [-0.15, -0.1) is 0 Å². The number of carbonyl (C=O) groups excluding carboxylic acids is 1. The van der Waals surface area contributed by atoms with Gasteiger partial charge in [0.25, 0.3) is 5.56 Å². The van der Waals surface area contributed by atoms with E-state index in [1.54, 1.807) is 24.7 Å². The Hall–Kier alpha value is -4.41. The van der Waals surface area contributed by atoms with Crippen LogP contribution in [-0.2, 0) is 14.3 Å². The summed E-state index contributed by atoms with van der Waals surface area (Å²) >= 11 is 1.27. The van der Waals surface area contributed by atoms with Crippen molar-refractivity contribution in [3.63, 3.8) is 0 Å². The van der Waals surface area contributed by atoms with E-state index in [0.29, 0.717) is 45.3 Å². The number of carbonyl (C=O) groups is 1. The first-order valence-electron chi connectivity index (χ1n) is 14.1. The molecule has 0 amide bonds. The van der Waals surface area contributed by atoms with Crippen LogP contribution in [0.15, 0.2) is 75.7 Å². The fraction of sp³-hybridized carbons (Fsp3) is 0.303. The average molecular weight is 603 g/mol. The molecular formula is C33H34N2O7S. The number of methoxy groups -OCH3 is 2. The number of hydrogen-bond donors (Lipinski definition) is 0. The number of allylic oxidation sites excluding steroid dienone is 1. The van der Waals surface area contributed by atoms with Crippen LogP contribution in [0.25, 0.3) is 16.8 Å². The highest BCUT2D eigenvalue weighted by molar-refractivity contribution is 7.07. The van der Waals surface area contributed by atoms with Gasteiger partial charge in [0.1, 0.15) is 18.4 Å². The normalized spacial score (nSPS) is 14.8. The molecule has 0 fully saturated rings. The van der Waals surface area contributed by atoms with Gasteiger partial charge >= 0.3 is 5.97 Å². The maximum atomic E-state index is 14.3. The number of rotatable bonds is 11. The highest BCUT2D eigenvalue weighted by atomic mass is 32.1. The lowest BCUT2D eigenvalue weighted by Gasteiger charge is -2.27. The second-order valence-corrected chi connectivity index (χ2v) is 10.7. The van der Waals surface area contributed by atoms with Gasteiger partial charge in [-0.1, -0.05) is 53.8 Å². The molecule has 1 aliphatic rings. The van der Waals surface area contributed by atoms with Gasteiger partial charge in [0, 0.05) is 18.1 Å². The van der Waals surface area contributed by atoms with Gasteiger partial charge in [-0.05, 0) is 49.9 Å². The van der Waals surface area contributed by atoms with E-state index in [2.05, 4.69) is 0 Å².